The van der Waals surface area contributed by atoms with Gasteiger partial charge in [0.2, 0.25) is 0 Å². The first-order valence-electron chi connectivity index (χ1n) is 7.98. The Morgan fingerprint density at radius 3 is 2.52 bits per heavy atom. The highest BCUT2D eigenvalue weighted by molar-refractivity contribution is 6.32. The Balaban J connectivity index is 2.13. The van der Waals surface area contributed by atoms with Crippen LogP contribution in [0.5, 0.6) is 11.5 Å². The summed E-state index contributed by atoms with van der Waals surface area (Å²) in [6.45, 7) is 3.80. The number of hydrogen-bond donors (Lipinski definition) is 1. The second kappa shape index (κ2) is 8.50. The first kappa shape index (κ1) is 16.4. The number of nitrogens with one attached hydrogen (secondary N) is 1. The van der Waals surface area contributed by atoms with Gasteiger partial charge in [-0.05, 0) is 49.9 Å². The summed E-state index contributed by atoms with van der Waals surface area (Å²) >= 11 is 6.42. The summed E-state index contributed by atoms with van der Waals surface area (Å²) in [6.07, 6.45) is 7.58. The Labute approximate surface area is 133 Å². The summed E-state index contributed by atoms with van der Waals surface area (Å²) in [5.74, 6) is 1.44. The lowest BCUT2D eigenvalue weighted by molar-refractivity contribution is 0.176. The van der Waals surface area contributed by atoms with Crippen LogP contribution in [0.2, 0.25) is 5.02 Å². The van der Waals surface area contributed by atoms with Crippen LogP contribution < -0.4 is 14.8 Å². The van der Waals surface area contributed by atoms with Crippen LogP contribution in [0.15, 0.2) is 12.1 Å². The minimum Gasteiger partial charge on any atom is -0.493 e. The van der Waals surface area contributed by atoms with E-state index in [9.17, 15) is 0 Å². The molecule has 1 fully saturated rings. The van der Waals surface area contributed by atoms with Crippen molar-refractivity contribution in [3.8, 4) is 11.5 Å². The topological polar surface area (TPSA) is 30.5 Å². The van der Waals surface area contributed by atoms with Gasteiger partial charge in [0.25, 0.3) is 0 Å². The molecule has 1 N–H and O–H groups in total. The lowest BCUT2D eigenvalue weighted by Crippen LogP contribution is -2.16. The van der Waals surface area contributed by atoms with E-state index in [0.29, 0.717) is 10.8 Å². The second-order valence-electron chi connectivity index (χ2n) is 5.62. The molecule has 118 valence electrons. The van der Waals surface area contributed by atoms with E-state index in [1.807, 2.05) is 12.1 Å². The van der Waals surface area contributed by atoms with Crippen molar-refractivity contribution < 1.29 is 9.47 Å². The molecule has 0 spiro atoms. The maximum atomic E-state index is 6.42. The molecular formula is C17H26ClNO2. The fourth-order valence-corrected chi connectivity index (χ4v) is 3.06. The van der Waals surface area contributed by atoms with Gasteiger partial charge >= 0.3 is 0 Å². The van der Waals surface area contributed by atoms with E-state index in [4.69, 9.17) is 21.1 Å². The fraction of sp³-hybridized carbons (Fsp3) is 0.647. The molecule has 0 aromatic heterocycles. The molecule has 0 aliphatic heterocycles. The van der Waals surface area contributed by atoms with E-state index in [0.717, 1.165) is 37.2 Å². The van der Waals surface area contributed by atoms with Crippen molar-refractivity contribution in [3.63, 3.8) is 0 Å². The molecular weight excluding hydrogens is 286 g/mol. The van der Waals surface area contributed by atoms with Crippen LogP contribution in [-0.2, 0) is 6.54 Å². The van der Waals surface area contributed by atoms with E-state index in [-0.39, 0.29) is 6.10 Å². The molecule has 0 unspecified atom stereocenters. The van der Waals surface area contributed by atoms with Gasteiger partial charge in [-0.2, -0.15) is 0 Å². The zero-order chi connectivity index (χ0) is 15.1. The molecule has 0 bridgehead atoms. The third-order valence-electron chi connectivity index (χ3n) is 3.96. The van der Waals surface area contributed by atoms with E-state index in [1.165, 1.54) is 25.7 Å². The molecule has 1 aromatic carbocycles. The molecule has 0 amide bonds. The first-order chi connectivity index (χ1) is 10.2. The van der Waals surface area contributed by atoms with Crippen molar-refractivity contribution in [3.05, 3.63) is 22.7 Å². The lowest BCUT2D eigenvalue weighted by Gasteiger charge is -2.20. The summed E-state index contributed by atoms with van der Waals surface area (Å²) in [5.41, 5.74) is 1.12. The highest BCUT2D eigenvalue weighted by atomic mass is 35.5. The molecule has 1 aromatic rings. The van der Waals surface area contributed by atoms with E-state index >= 15 is 0 Å². The minimum absolute atomic E-state index is 0.263. The summed E-state index contributed by atoms with van der Waals surface area (Å²) in [6, 6.07) is 3.99. The summed E-state index contributed by atoms with van der Waals surface area (Å²) in [7, 11) is 1.67. The molecule has 4 heteroatoms. The number of ether oxygens (including phenoxy) is 2. The first-order valence-corrected chi connectivity index (χ1v) is 8.36. The number of methoxy groups -OCH3 is 1. The van der Waals surface area contributed by atoms with Crippen LogP contribution in [-0.4, -0.2) is 19.8 Å². The second-order valence-corrected chi connectivity index (χ2v) is 6.03. The summed E-state index contributed by atoms with van der Waals surface area (Å²) in [5, 5.41) is 3.94. The predicted molar refractivity (Wildman–Crippen MR) is 87.5 cm³/mol. The van der Waals surface area contributed by atoms with Crippen LogP contribution in [0.25, 0.3) is 0 Å². The Morgan fingerprint density at radius 1 is 1.19 bits per heavy atom. The number of rotatable bonds is 6. The van der Waals surface area contributed by atoms with Gasteiger partial charge in [-0.15, -0.1) is 0 Å². The van der Waals surface area contributed by atoms with Gasteiger partial charge in [0, 0.05) is 6.54 Å². The van der Waals surface area contributed by atoms with Gasteiger partial charge in [-0.1, -0.05) is 31.4 Å². The normalized spacial score (nSPS) is 16.5. The molecule has 0 saturated heterocycles. The quantitative estimate of drug-likeness (QED) is 0.781. The Bertz CT molecular complexity index is 443. The Morgan fingerprint density at radius 2 is 1.90 bits per heavy atom. The van der Waals surface area contributed by atoms with Gasteiger partial charge in [0.1, 0.15) is 0 Å². The third kappa shape index (κ3) is 4.79. The van der Waals surface area contributed by atoms with Crippen LogP contribution in [0.4, 0.5) is 0 Å². The molecule has 1 saturated carbocycles. The average Bonchev–Trinajstić information content (AvgIpc) is 2.76. The van der Waals surface area contributed by atoms with Crippen molar-refractivity contribution in [1.29, 1.82) is 0 Å². The maximum Gasteiger partial charge on any atom is 0.180 e. The summed E-state index contributed by atoms with van der Waals surface area (Å²) in [4.78, 5) is 0. The molecule has 0 radical (unpaired) electrons. The highest BCUT2D eigenvalue weighted by Crippen LogP contribution is 2.38. The van der Waals surface area contributed by atoms with Gasteiger partial charge in [-0.25, -0.2) is 0 Å². The monoisotopic (exact) mass is 311 g/mol. The van der Waals surface area contributed by atoms with Crippen molar-refractivity contribution >= 4 is 11.6 Å². The van der Waals surface area contributed by atoms with Crippen LogP contribution in [0.1, 0.15) is 51.0 Å². The van der Waals surface area contributed by atoms with Crippen LogP contribution in [0, 0.1) is 0 Å². The largest absolute Gasteiger partial charge is 0.493 e. The standard InChI is InChI=1S/C17H26ClNO2/c1-3-19-12-13-10-15(18)17(16(11-13)20-2)21-14-8-6-4-5-7-9-14/h10-11,14,19H,3-9,12H2,1-2H3. The number of benzene rings is 1. The highest BCUT2D eigenvalue weighted by Gasteiger charge is 2.19. The van der Waals surface area contributed by atoms with Crippen LogP contribution >= 0.6 is 11.6 Å². The molecule has 2 rings (SSSR count). The lowest BCUT2D eigenvalue weighted by atomic mass is 10.1. The average molecular weight is 312 g/mol. The van der Waals surface area contributed by atoms with E-state index in [2.05, 4.69) is 12.2 Å². The fourth-order valence-electron chi connectivity index (χ4n) is 2.79. The Hall–Kier alpha value is -0.930. The van der Waals surface area contributed by atoms with Gasteiger partial charge < -0.3 is 14.8 Å². The zero-order valence-electron chi connectivity index (χ0n) is 13.1. The third-order valence-corrected chi connectivity index (χ3v) is 4.24. The van der Waals surface area contributed by atoms with Crippen molar-refractivity contribution in [2.75, 3.05) is 13.7 Å². The smallest absolute Gasteiger partial charge is 0.180 e. The van der Waals surface area contributed by atoms with Crippen molar-refractivity contribution in [2.24, 2.45) is 0 Å². The SMILES string of the molecule is CCNCc1cc(Cl)c(OC2CCCCCC2)c(OC)c1. The molecule has 0 heterocycles. The maximum absolute atomic E-state index is 6.42. The molecule has 1 aliphatic rings. The van der Waals surface area contributed by atoms with E-state index < -0.39 is 0 Å². The van der Waals surface area contributed by atoms with E-state index in [1.54, 1.807) is 7.11 Å². The van der Waals surface area contributed by atoms with Gasteiger partial charge in [-0.3, -0.25) is 0 Å². The number of hydrogen-bond acceptors (Lipinski definition) is 3. The molecule has 0 atom stereocenters. The van der Waals surface area contributed by atoms with Gasteiger partial charge in [0.15, 0.2) is 11.5 Å². The van der Waals surface area contributed by atoms with Crippen molar-refractivity contribution in [2.45, 2.75) is 58.1 Å². The zero-order valence-corrected chi connectivity index (χ0v) is 13.8. The Kier molecular flexibility index (Phi) is 6.65. The molecule has 1 aliphatic carbocycles. The van der Waals surface area contributed by atoms with Crippen molar-refractivity contribution in [1.82, 2.24) is 5.32 Å². The van der Waals surface area contributed by atoms with Gasteiger partial charge in [0.05, 0.1) is 18.2 Å². The minimum atomic E-state index is 0.263. The molecule has 3 nitrogen and oxygen atoms in total. The number of halogens is 1. The molecule has 21 heavy (non-hydrogen) atoms. The summed E-state index contributed by atoms with van der Waals surface area (Å²) < 4.78 is 11.7. The predicted octanol–water partition coefficient (Wildman–Crippen LogP) is 4.56. The van der Waals surface area contributed by atoms with Crippen LogP contribution in [0.3, 0.4) is 0 Å².